The van der Waals surface area contributed by atoms with E-state index in [1.165, 1.54) is 180 Å². The maximum Gasteiger partial charge on any atom is 0.306 e. The molecule has 0 heterocycles. The molecule has 0 bridgehead atoms. The third kappa shape index (κ3) is 52.5. The van der Waals surface area contributed by atoms with Crippen LogP contribution in [0.3, 0.4) is 0 Å². The molecule has 0 aromatic rings. The minimum absolute atomic E-state index is 0.0758. The normalized spacial score (nSPS) is 12.2. The highest BCUT2D eigenvalue weighted by molar-refractivity contribution is 5.71. The molecule has 0 saturated carbocycles. The van der Waals surface area contributed by atoms with Gasteiger partial charge in [-0.1, -0.05) is 243 Å². The Morgan fingerprint density at radius 1 is 0.308 bits per heavy atom. The summed E-state index contributed by atoms with van der Waals surface area (Å²) in [6, 6.07) is 0. The van der Waals surface area contributed by atoms with Crippen molar-refractivity contribution in [3.05, 3.63) is 36.5 Å². The molecule has 0 fully saturated rings. The molecule has 0 aliphatic heterocycles. The maximum atomic E-state index is 12.8. The van der Waals surface area contributed by atoms with Crippen LogP contribution in [0.2, 0.25) is 0 Å². The molecule has 0 N–H and O–H groups in total. The topological polar surface area (TPSA) is 78.9 Å². The summed E-state index contributed by atoms with van der Waals surface area (Å²) in [6.07, 6.45) is 64.1. The molecule has 6 nitrogen and oxygen atoms in total. The van der Waals surface area contributed by atoms with E-state index in [2.05, 4.69) is 57.2 Å². The average molecular weight is 914 g/mol. The fourth-order valence-electron chi connectivity index (χ4n) is 8.29. The van der Waals surface area contributed by atoms with Crippen molar-refractivity contribution in [2.45, 2.75) is 309 Å². The molecule has 0 radical (unpaired) electrons. The zero-order chi connectivity index (χ0) is 47.2. The molecular formula is C59H108O6. The lowest BCUT2D eigenvalue weighted by atomic mass is 10.0. The number of unbranched alkanes of at least 4 members (excludes halogenated alkanes) is 35. The highest BCUT2D eigenvalue weighted by Crippen LogP contribution is 2.16. The Labute approximate surface area is 404 Å². The quantitative estimate of drug-likeness (QED) is 0.0262. The molecule has 0 saturated heterocycles. The van der Waals surface area contributed by atoms with Crippen molar-refractivity contribution >= 4 is 17.9 Å². The van der Waals surface area contributed by atoms with Crippen molar-refractivity contribution in [1.29, 1.82) is 0 Å². The van der Waals surface area contributed by atoms with Crippen molar-refractivity contribution in [3.8, 4) is 0 Å². The lowest BCUT2D eigenvalue weighted by molar-refractivity contribution is -0.167. The van der Waals surface area contributed by atoms with Gasteiger partial charge in [-0.05, 0) is 77.0 Å². The molecule has 6 heteroatoms. The van der Waals surface area contributed by atoms with Gasteiger partial charge in [0.05, 0.1) is 0 Å². The van der Waals surface area contributed by atoms with Gasteiger partial charge < -0.3 is 14.2 Å². The summed E-state index contributed by atoms with van der Waals surface area (Å²) < 4.78 is 16.9. The monoisotopic (exact) mass is 913 g/mol. The first kappa shape index (κ1) is 62.6. The second kappa shape index (κ2) is 54.2. The van der Waals surface area contributed by atoms with E-state index >= 15 is 0 Å². The van der Waals surface area contributed by atoms with Crippen LogP contribution in [0.5, 0.6) is 0 Å². The van der Waals surface area contributed by atoms with E-state index in [-0.39, 0.29) is 31.1 Å². The van der Waals surface area contributed by atoms with E-state index < -0.39 is 6.10 Å². The van der Waals surface area contributed by atoms with Crippen LogP contribution < -0.4 is 0 Å². The number of carbonyl (C=O) groups is 3. The molecule has 0 spiro atoms. The fraction of sp³-hybridized carbons (Fsp3) is 0.847. The molecule has 380 valence electrons. The predicted molar refractivity (Wildman–Crippen MR) is 279 cm³/mol. The van der Waals surface area contributed by atoms with Gasteiger partial charge in [-0.25, -0.2) is 0 Å². The van der Waals surface area contributed by atoms with Gasteiger partial charge in [0.25, 0.3) is 0 Å². The lowest BCUT2D eigenvalue weighted by Gasteiger charge is -2.18. The van der Waals surface area contributed by atoms with Gasteiger partial charge in [-0.3, -0.25) is 14.4 Å². The predicted octanol–water partition coefficient (Wildman–Crippen LogP) is 18.9. The Hall–Kier alpha value is -2.37. The first-order valence-electron chi connectivity index (χ1n) is 28.5. The summed E-state index contributed by atoms with van der Waals surface area (Å²) in [4.78, 5) is 38.1. The number of carbonyl (C=O) groups excluding carboxylic acids is 3. The Balaban J connectivity index is 4.36. The second-order valence-corrected chi connectivity index (χ2v) is 19.2. The maximum absolute atomic E-state index is 12.8. The number of ether oxygens (including phenoxy) is 3. The Morgan fingerprint density at radius 2 is 0.554 bits per heavy atom. The van der Waals surface area contributed by atoms with Crippen molar-refractivity contribution in [1.82, 2.24) is 0 Å². The van der Waals surface area contributed by atoms with Crippen LogP contribution in [0.4, 0.5) is 0 Å². The number of rotatable bonds is 52. The van der Waals surface area contributed by atoms with E-state index in [9.17, 15) is 14.4 Å². The third-order valence-corrected chi connectivity index (χ3v) is 12.6. The average Bonchev–Trinajstić information content (AvgIpc) is 3.30. The standard InChI is InChI=1S/C59H108O6/c1-4-7-10-13-16-19-22-25-28-29-30-32-34-37-40-43-46-49-52-58(61)64-55-56(54-63-57(60)51-48-45-42-39-36-33-27-24-21-18-15-12-9-6-3)65-59(62)53-50-47-44-41-38-35-31-26-23-20-17-14-11-8-5-2/h17,20,26,28-29,31,56H,4-16,18-19,21-25,27,30,32-55H2,1-3H3/b20-17-,29-28-,31-26-. The van der Waals surface area contributed by atoms with E-state index in [0.29, 0.717) is 19.3 Å². The summed E-state index contributed by atoms with van der Waals surface area (Å²) in [5, 5.41) is 0. The second-order valence-electron chi connectivity index (χ2n) is 19.2. The van der Waals surface area contributed by atoms with Crippen molar-refractivity contribution in [2.75, 3.05) is 13.2 Å². The van der Waals surface area contributed by atoms with Crippen LogP contribution in [0.1, 0.15) is 303 Å². The first-order valence-corrected chi connectivity index (χ1v) is 28.5. The van der Waals surface area contributed by atoms with Gasteiger partial charge in [0, 0.05) is 19.3 Å². The molecule has 65 heavy (non-hydrogen) atoms. The summed E-state index contributed by atoms with van der Waals surface area (Å²) in [6.45, 7) is 6.63. The van der Waals surface area contributed by atoms with Gasteiger partial charge in [0.15, 0.2) is 6.10 Å². The minimum atomic E-state index is -0.778. The first-order chi connectivity index (χ1) is 32.0. The number of allylic oxidation sites excluding steroid dienone is 6. The Bertz CT molecular complexity index is 1090. The molecule has 0 aliphatic carbocycles. The van der Waals surface area contributed by atoms with Crippen LogP contribution in [-0.4, -0.2) is 37.2 Å². The van der Waals surface area contributed by atoms with E-state index in [4.69, 9.17) is 14.2 Å². The lowest BCUT2D eigenvalue weighted by Crippen LogP contribution is -2.30. The van der Waals surface area contributed by atoms with Crippen LogP contribution >= 0.6 is 0 Å². The highest BCUT2D eigenvalue weighted by Gasteiger charge is 2.19. The van der Waals surface area contributed by atoms with Gasteiger partial charge in [-0.15, -0.1) is 0 Å². The molecule has 0 rings (SSSR count). The Morgan fingerprint density at radius 3 is 0.892 bits per heavy atom. The van der Waals surface area contributed by atoms with Crippen molar-refractivity contribution in [2.24, 2.45) is 0 Å². The van der Waals surface area contributed by atoms with E-state index in [0.717, 1.165) is 83.5 Å². The van der Waals surface area contributed by atoms with Crippen LogP contribution in [0.25, 0.3) is 0 Å². The summed E-state index contributed by atoms with van der Waals surface area (Å²) in [5.41, 5.74) is 0. The third-order valence-electron chi connectivity index (χ3n) is 12.6. The van der Waals surface area contributed by atoms with Crippen LogP contribution in [0.15, 0.2) is 36.5 Å². The van der Waals surface area contributed by atoms with E-state index in [1.54, 1.807) is 0 Å². The summed E-state index contributed by atoms with van der Waals surface area (Å²) in [7, 11) is 0. The molecule has 1 unspecified atom stereocenters. The molecular weight excluding hydrogens is 805 g/mol. The fourth-order valence-corrected chi connectivity index (χ4v) is 8.29. The van der Waals surface area contributed by atoms with Crippen LogP contribution in [0, 0.1) is 0 Å². The number of esters is 3. The summed E-state index contributed by atoms with van der Waals surface area (Å²) in [5.74, 6) is -0.878. The van der Waals surface area contributed by atoms with E-state index in [1.807, 2.05) is 0 Å². The zero-order valence-corrected chi connectivity index (χ0v) is 43.5. The van der Waals surface area contributed by atoms with Crippen LogP contribution in [-0.2, 0) is 28.6 Å². The van der Waals surface area contributed by atoms with Gasteiger partial charge in [0.1, 0.15) is 13.2 Å². The summed E-state index contributed by atoms with van der Waals surface area (Å²) >= 11 is 0. The zero-order valence-electron chi connectivity index (χ0n) is 43.5. The SMILES string of the molecule is CCCCC/C=C\C/C=C\CCCCCCCC(=O)OC(COC(=O)CCCCCCCCC/C=C\CCCCCCCCC)COC(=O)CCCCCCCCCCCCCCCC. The molecule has 0 aromatic carbocycles. The van der Waals surface area contributed by atoms with Gasteiger partial charge in [0.2, 0.25) is 0 Å². The largest absolute Gasteiger partial charge is 0.462 e. The molecule has 0 aromatic heterocycles. The van der Waals surface area contributed by atoms with Gasteiger partial charge in [-0.2, -0.15) is 0 Å². The molecule has 1 atom stereocenters. The van der Waals surface area contributed by atoms with Crippen molar-refractivity contribution in [3.63, 3.8) is 0 Å². The Kier molecular flexibility index (Phi) is 52.3. The molecule has 0 aliphatic rings. The number of hydrogen-bond donors (Lipinski definition) is 0. The number of hydrogen-bond acceptors (Lipinski definition) is 6. The van der Waals surface area contributed by atoms with Crippen molar-refractivity contribution < 1.29 is 28.6 Å². The minimum Gasteiger partial charge on any atom is -0.462 e. The molecule has 0 amide bonds. The smallest absolute Gasteiger partial charge is 0.306 e. The highest BCUT2D eigenvalue weighted by atomic mass is 16.6. The van der Waals surface area contributed by atoms with Gasteiger partial charge >= 0.3 is 17.9 Å².